The van der Waals surface area contributed by atoms with E-state index in [0.29, 0.717) is 17.7 Å². The lowest BCUT2D eigenvalue weighted by Crippen LogP contribution is -2.26. The van der Waals surface area contributed by atoms with Crippen molar-refractivity contribution in [1.82, 2.24) is 9.88 Å². The number of para-hydroxylation sites is 1. The van der Waals surface area contributed by atoms with E-state index in [1.807, 2.05) is 18.3 Å². The van der Waals surface area contributed by atoms with Gasteiger partial charge in [0.2, 0.25) is 0 Å². The second-order valence-corrected chi connectivity index (χ2v) is 5.88. The SMILES string of the molecule is Cc1c(C(=O)NCCCn2ccc3ccccc32)cccc1[N+](=O)[O-]. The van der Waals surface area contributed by atoms with Gasteiger partial charge in [-0.2, -0.15) is 0 Å². The Labute approximate surface area is 145 Å². The molecule has 0 bridgehead atoms. The maximum atomic E-state index is 12.3. The summed E-state index contributed by atoms with van der Waals surface area (Å²) in [6.07, 6.45) is 2.82. The summed E-state index contributed by atoms with van der Waals surface area (Å²) in [5.74, 6) is -0.279. The molecule has 0 saturated carbocycles. The van der Waals surface area contributed by atoms with Gasteiger partial charge in [0.25, 0.3) is 11.6 Å². The number of carbonyl (C=O) groups excluding carboxylic acids is 1. The number of nitro groups is 1. The smallest absolute Gasteiger partial charge is 0.273 e. The van der Waals surface area contributed by atoms with Gasteiger partial charge in [0.1, 0.15) is 0 Å². The monoisotopic (exact) mass is 337 g/mol. The van der Waals surface area contributed by atoms with Crippen LogP contribution in [0.2, 0.25) is 0 Å². The topological polar surface area (TPSA) is 77.2 Å². The maximum Gasteiger partial charge on any atom is 0.273 e. The molecule has 0 saturated heterocycles. The first-order chi connectivity index (χ1) is 12.1. The van der Waals surface area contributed by atoms with Gasteiger partial charge in [0.15, 0.2) is 0 Å². The summed E-state index contributed by atoms with van der Waals surface area (Å²) in [5, 5.41) is 15.0. The average molecular weight is 337 g/mol. The Morgan fingerprint density at radius 1 is 1.16 bits per heavy atom. The zero-order valence-electron chi connectivity index (χ0n) is 13.9. The fraction of sp³-hybridized carbons (Fsp3) is 0.211. The predicted molar refractivity (Wildman–Crippen MR) is 96.7 cm³/mol. The molecular weight excluding hydrogens is 318 g/mol. The fourth-order valence-electron chi connectivity index (χ4n) is 2.95. The molecule has 1 N–H and O–H groups in total. The summed E-state index contributed by atoms with van der Waals surface area (Å²) in [6, 6.07) is 14.8. The standard InChI is InChI=1S/C19H19N3O3/c1-14-16(7-4-9-17(14)22(24)25)19(23)20-11-5-12-21-13-10-15-6-2-3-8-18(15)21/h2-4,6-10,13H,5,11-12H2,1H3,(H,20,23). The van der Waals surface area contributed by atoms with Gasteiger partial charge in [0.05, 0.1) is 4.92 Å². The lowest BCUT2D eigenvalue weighted by atomic mass is 10.1. The number of rotatable bonds is 6. The molecule has 0 radical (unpaired) electrons. The first-order valence-corrected chi connectivity index (χ1v) is 8.14. The van der Waals surface area contributed by atoms with Crippen LogP contribution >= 0.6 is 0 Å². The van der Waals surface area contributed by atoms with Crippen molar-refractivity contribution >= 4 is 22.5 Å². The minimum absolute atomic E-state index is 0.0357. The minimum Gasteiger partial charge on any atom is -0.352 e. The molecule has 0 atom stereocenters. The number of aromatic nitrogens is 1. The van der Waals surface area contributed by atoms with Crippen LogP contribution in [0.5, 0.6) is 0 Å². The molecule has 3 aromatic rings. The van der Waals surface area contributed by atoms with Crippen LogP contribution in [-0.4, -0.2) is 21.9 Å². The van der Waals surface area contributed by atoms with Crippen LogP contribution in [0.1, 0.15) is 22.3 Å². The van der Waals surface area contributed by atoms with E-state index in [9.17, 15) is 14.9 Å². The van der Waals surface area contributed by atoms with E-state index < -0.39 is 4.92 Å². The highest BCUT2D eigenvalue weighted by atomic mass is 16.6. The van der Waals surface area contributed by atoms with Crippen LogP contribution in [0.3, 0.4) is 0 Å². The third kappa shape index (κ3) is 3.52. The largest absolute Gasteiger partial charge is 0.352 e. The number of carbonyl (C=O) groups is 1. The van der Waals surface area contributed by atoms with Gasteiger partial charge in [-0.25, -0.2) is 0 Å². The van der Waals surface area contributed by atoms with E-state index in [-0.39, 0.29) is 11.6 Å². The summed E-state index contributed by atoms with van der Waals surface area (Å²) in [5.41, 5.74) is 1.87. The zero-order valence-corrected chi connectivity index (χ0v) is 13.9. The van der Waals surface area contributed by atoms with Crippen LogP contribution < -0.4 is 5.32 Å². The van der Waals surface area contributed by atoms with Crippen molar-refractivity contribution in [2.75, 3.05) is 6.54 Å². The molecule has 0 aliphatic rings. The van der Waals surface area contributed by atoms with Gasteiger partial charge in [0, 0.05) is 42.0 Å². The Bertz CT molecular complexity index is 931. The van der Waals surface area contributed by atoms with Gasteiger partial charge in [-0.3, -0.25) is 14.9 Å². The predicted octanol–water partition coefficient (Wildman–Crippen LogP) is 3.68. The number of hydrogen-bond donors (Lipinski definition) is 1. The lowest BCUT2D eigenvalue weighted by molar-refractivity contribution is -0.385. The van der Waals surface area contributed by atoms with Gasteiger partial charge < -0.3 is 9.88 Å². The number of nitrogens with zero attached hydrogens (tertiary/aromatic N) is 2. The molecule has 128 valence electrons. The third-order valence-electron chi connectivity index (χ3n) is 4.29. The second-order valence-electron chi connectivity index (χ2n) is 5.88. The quantitative estimate of drug-likeness (QED) is 0.423. The highest BCUT2D eigenvalue weighted by Gasteiger charge is 2.17. The molecule has 1 aromatic heterocycles. The fourth-order valence-corrected chi connectivity index (χ4v) is 2.95. The van der Waals surface area contributed by atoms with Crippen LogP contribution in [0.4, 0.5) is 5.69 Å². The van der Waals surface area contributed by atoms with E-state index in [4.69, 9.17) is 0 Å². The second kappa shape index (κ2) is 7.17. The first kappa shape index (κ1) is 16.7. The van der Waals surface area contributed by atoms with Crippen molar-refractivity contribution in [2.24, 2.45) is 0 Å². The van der Waals surface area contributed by atoms with Crippen molar-refractivity contribution in [3.63, 3.8) is 0 Å². The van der Waals surface area contributed by atoms with Gasteiger partial charge >= 0.3 is 0 Å². The number of hydrogen-bond acceptors (Lipinski definition) is 3. The van der Waals surface area contributed by atoms with E-state index in [0.717, 1.165) is 13.0 Å². The van der Waals surface area contributed by atoms with E-state index in [1.165, 1.54) is 23.0 Å². The molecule has 0 aliphatic carbocycles. The Balaban J connectivity index is 1.58. The number of nitro benzene ring substituents is 1. The maximum absolute atomic E-state index is 12.3. The minimum atomic E-state index is -0.469. The Morgan fingerprint density at radius 3 is 2.76 bits per heavy atom. The van der Waals surface area contributed by atoms with Crippen molar-refractivity contribution < 1.29 is 9.72 Å². The summed E-state index contributed by atoms with van der Waals surface area (Å²) in [4.78, 5) is 22.8. The third-order valence-corrected chi connectivity index (χ3v) is 4.29. The highest BCUT2D eigenvalue weighted by molar-refractivity contribution is 5.96. The average Bonchev–Trinajstić information content (AvgIpc) is 3.01. The first-order valence-electron chi connectivity index (χ1n) is 8.14. The molecule has 1 amide bonds. The summed E-state index contributed by atoms with van der Waals surface area (Å²) >= 11 is 0. The lowest BCUT2D eigenvalue weighted by Gasteiger charge is -2.09. The molecule has 3 rings (SSSR count). The number of aryl methyl sites for hydroxylation is 1. The summed E-state index contributed by atoms with van der Waals surface area (Å²) in [7, 11) is 0. The van der Waals surface area contributed by atoms with Crippen LogP contribution in [0, 0.1) is 17.0 Å². The van der Waals surface area contributed by atoms with Crippen LogP contribution in [0.15, 0.2) is 54.7 Å². The van der Waals surface area contributed by atoms with E-state index >= 15 is 0 Å². The number of amides is 1. The van der Waals surface area contributed by atoms with Gasteiger partial charge in [-0.1, -0.05) is 24.3 Å². The summed E-state index contributed by atoms with van der Waals surface area (Å²) < 4.78 is 2.15. The van der Waals surface area contributed by atoms with Crippen molar-refractivity contribution in [3.05, 3.63) is 76.0 Å². The molecule has 0 aliphatic heterocycles. The molecule has 6 heteroatoms. The molecule has 2 aromatic carbocycles. The molecule has 0 fully saturated rings. The molecular formula is C19H19N3O3. The van der Waals surface area contributed by atoms with E-state index in [1.54, 1.807) is 13.0 Å². The number of nitrogens with one attached hydrogen (secondary N) is 1. The van der Waals surface area contributed by atoms with Gasteiger partial charge in [-0.15, -0.1) is 0 Å². The van der Waals surface area contributed by atoms with Gasteiger partial charge in [-0.05, 0) is 36.9 Å². The van der Waals surface area contributed by atoms with Crippen molar-refractivity contribution in [2.45, 2.75) is 19.9 Å². The molecule has 1 heterocycles. The molecule has 25 heavy (non-hydrogen) atoms. The highest BCUT2D eigenvalue weighted by Crippen LogP contribution is 2.21. The molecule has 0 spiro atoms. The van der Waals surface area contributed by atoms with E-state index in [2.05, 4.69) is 28.1 Å². The number of fused-ring (bicyclic) bond motifs is 1. The normalized spacial score (nSPS) is 10.8. The zero-order chi connectivity index (χ0) is 17.8. The Hall–Kier alpha value is -3.15. The summed E-state index contributed by atoms with van der Waals surface area (Å²) in [6.45, 7) is 2.90. The van der Waals surface area contributed by atoms with Crippen LogP contribution in [0.25, 0.3) is 10.9 Å². The molecule has 6 nitrogen and oxygen atoms in total. The Kier molecular flexibility index (Phi) is 4.79. The Morgan fingerprint density at radius 2 is 1.96 bits per heavy atom. The number of benzene rings is 2. The van der Waals surface area contributed by atoms with Crippen molar-refractivity contribution in [3.8, 4) is 0 Å². The van der Waals surface area contributed by atoms with Crippen LogP contribution in [-0.2, 0) is 6.54 Å². The molecule has 0 unspecified atom stereocenters. The van der Waals surface area contributed by atoms with Crippen molar-refractivity contribution in [1.29, 1.82) is 0 Å².